The molecule has 0 aliphatic heterocycles. The molecule has 0 spiro atoms. The monoisotopic (exact) mass is 476 g/mol. The van der Waals surface area contributed by atoms with E-state index in [4.69, 9.17) is 9.15 Å². The fourth-order valence-electron chi connectivity index (χ4n) is 2.71. The number of thiazole rings is 1. The van der Waals surface area contributed by atoms with Gasteiger partial charge in [0.25, 0.3) is 5.56 Å². The number of alkyl carbamates (subject to hydrolysis) is 1. The smallest absolute Gasteiger partial charge is 0.408 e. The Labute approximate surface area is 177 Å². The number of hydrogen-bond acceptors (Lipinski definition) is 7. The van der Waals surface area contributed by atoms with Gasteiger partial charge in [0.1, 0.15) is 27.4 Å². The molecule has 3 heterocycles. The lowest BCUT2D eigenvalue weighted by Crippen LogP contribution is -2.32. The van der Waals surface area contributed by atoms with Crippen LogP contribution in [0.4, 0.5) is 4.79 Å². The van der Waals surface area contributed by atoms with Crippen molar-refractivity contribution in [3.63, 3.8) is 0 Å². The highest BCUT2D eigenvalue weighted by atomic mass is 79.9. The largest absolute Gasteiger partial charge is 0.449 e. The number of fused-ring (bicyclic) bond motifs is 3. The SMILES string of the molecule is CC(C)(C)OC(=O)NCc1nc(-c2nc3c(oc4ccc(Br)cc43)c(=O)[nH]2)cs1. The quantitative estimate of drug-likeness (QED) is 0.447. The molecule has 1 amide bonds. The Morgan fingerprint density at radius 3 is 2.90 bits per heavy atom. The van der Waals surface area contributed by atoms with Crippen LogP contribution in [0.5, 0.6) is 0 Å². The third-order valence-corrected chi connectivity index (χ3v) is 5.20. The van der Waals surface area contributed by atoms with Gasteiger partial charge in [0.15, 0.2) is 5.82 Å². The van der Waals surface area contributed by atoms with Gasteiger partial charge in [-0.3, -0.25) is 4.79 Å². The first-order valence-corrected chi connectivity index (χ1v) is 10.4. The molecule has 0 bridgehead atoms. The second kappa shape index (κ2) is 7.27. The standard InChI is InChI=1S/C19H17BrN4O4S/c1-19(2,3)28-18(26)21-7-13-22-11(8-29-13)16-23-14-10-6-9(20)4-5-12(10)27-15(14)17(25)24-16/h4-6,8H,7H2,1-3H3,(H,21,26)(H,23,24,25). The van der Waals surface area contributed by atoms with Gasteiger partial charge in [0, 0.05) is 15.2 Å². The predicted octanol–water partition coefficient (Wildman–Crippen LogP) is 4.58. The summed E-state index contributed by atoms with van der Waals surface area (Å²) in [5.41, 5.74) is 0.793. The molecule has 1 aromatic carbocycles. The first kappa shape index (κ1) is 19.6. The van der Waals surface area contributed by atoms with E-state index in [9.17, 15) is 9.59 Å². The van der Waals surface area contributed by atoms with Crippen molar-refractivity contribution in [1.82, 2.24) is 20.3 Å². The first-order valence-electron chi connectivity index (χ1n) is 8.73. The Balaban J connectivity index is 1.62. The Kier molecular flexibility index (Phi) is 4.91. The number of hydrogen-bond donors (Lipinski definition) is 2. The molecule has 0 unspecified atom stereocenters. The number of aromatic amines is 1. The molecule has 0 saturated carbocycles. The predicted molar refractivity (Wildman–Crippen MR) is 114 cm³/mol. The molecule has 4 rings (SSSR count). The van der Waals surface area contributed by atoms with E-state index in [1.54, 1.807) is 32.2 Å². The van der Waals surface area contributed by atoms with Crippen LogP contribution in [0.2, 0.25) is 0 Å². The van der Waals surface area contributed by atoms with Crippen molar-refractivity contribution in [2.75, 3.05) is 0 Å². The van der Waals surface area contributed by atoms with Crippen molar-refractivity contribution in [3.8, 4) is 11.5 Å². The number of aromatic nitrogens is 3. The Morgan fingerprint density at radius 2 is 2.14 bits per heavy atom. The number of nitrogens with zero attached hydrogens (tertiary/aromatic N) is 2. The summed E-state index contributed by atoms with van der Waals surface area (Å²) < 4.78 is 11.7. The van der Waals surface area contributed by atoms with Crippen LogP contribution >= 0.6 is 27.3 Å². The molecule has 0 atom stereocenters. The molecule has 0 aliphatic carbocycles. The van der Waals surface area contributed by atoms with E-state index in [1.807, 2.05) is 12.1 Å². The van der Waals surface area contributed by atoms with E-state index in [2.05, 4.69) is 36.2 Å². The minimum atomic E-state index is -0.570. The highest BCUT2D eigenvalue weighted by molar-refractivity contribution is 9.10. The summed E-state index contributed by atoms with van der Waals surface area (Å²) in [6.45, 7) is 5.60. The highest BCUT2D eigenvalue weighted by Gasteiger charge is 2.18. The minimum absolute atomic E-state index is 0.170. The second-order valence-corrected chi connectivity index (χ2v) is 9.18. The van der Waals surface area contributed by atoms with Crippen LogP contribution in [-0.4, -0.2) is 26.6 Å². The highest BCUT2D eigenvalue weighted by Crippen LogP contribution is 2.29. The topological polar surface area (TPSA) is 110 Å². The van der Waals surface area contributed by atoms with Crippen molar-refractivity contribution >= 4 is 55.4 Å². The molecule has 150 valence electrons. The van der Waals surface area contributed by atoms with Gasteiger partial charge in [0.2, 0.25) is 5.58 Å². The molecule has 29 heavy (non-hydrogen) atoms. The maximum absolute atomic E-state index is 12.5. The number of amides is 1. The van der Waals surface area contributed by atoms with Crippen LogP contribution < -0.4 is 10.9 Å². The Bertz CT molecular complexity index is 1290. The average Bonchev–Trinajstić information content (AvgIpc) is 3.23. The molecule has 8 nitrogen and oxygen atoms in total. The van der Waals surface area contributed by atoms with Gasteiger partial charge in [-0.05, 0) is 39.0 Å². The zero-order valence-corrected chi connectivity index (χ0v) is 18.2. The van der Waals surface area contributed by atoms with Gasteiger partial charge in [-0.1, -0.05) is 15.9 Å². The maximum atomic E-state index is 12.5. The Morgan fingerprint density at radius 1 is 1.34 bits per heavy atom. The van der Waals surface area contributed by atoms with Crippen molar-refractivity contribution < 1.29 is 13.9 Å². The van der Waals surface area contributed by atoms with E-state index in [-0.39, 0.29) is 17.7 Å². The molecule has 3 aromatic heterocycles. The number of halogens is 1. The van der Waals surface area contributed by atoms with Gasteiger partial charge in [-0.2, -0.15) is 0 Å². The average molecular weight is 477 g/mol. The molecule has 2 N–H and O–H groups in total. The van der Waals surface area contributed by atoms with Crippen molar-refractivity contribution in [2.24, 2.45) is 0 Å². The van der Waals surface area contributed by atoms with E-state index >= 15 is 0 Å². The van der Waals surface area contributed by atoms with Crippen LogP contribution in [0.3, 0.4) is 0 Å². The summed E-state index contributed by atoms with van der Waals surface area (Å²) in [5.74, 6) is 0.338. The summed E-state index contributed by atoms with van der Waals surface area (Å²) >= 11 is 4.77. The lowest BCUT2D eigenvalue weighted by molar-refractivity contribution is 0.0523. The third-order valence-electron chi connectivity index (χ3n) is 3.86. The van der Waals surface area contributed by atoms with Crippen molar-refractivity contribution in [3.05, 3.63) is 43.4 Å². The Hall–Kier alpha value is -2.72. The summed E-state index contributed by atoms with van der Waals surface area (Å²) in [7, 11) is 0. The van der Waals surface area contributed by atoms with Gasteiger partial charge < -0.3 is 19.5 Å². The fraction of sp³-hybridized carbons (Fsp3) is 0.263. The molecule has 0 saturated heterocycles. The van der Waals surface area contributed by atoms with Crippen LogP contribution in [0.25, 0.3) is 33.6 Å². The molecule has 10 heteroatoms. The molecule has 0 radical (unpaired) electrons. The summed E-state index contributed by atoms with van der Waals surface area (Å²) in [6, 6.07) is 5.47. The minimum Gasteiger partial charge on any atom is -0.449 e. The second-order valence-electron chi connectivity index (χ2n) is 7.32. The number of benzene rings is 1. The number of nitrogens with one attached hydrogen (secondary N) is 2. The molecular formula is C19H17BrN4O4S. The normalized spacial score (nSPS) is 11.9. The lowest BCUT2D eigenvalue weighted by Gasteiger charge is -2.19. The molecular weight excluding hydrogens is 460 g/mol. The number of furan rings is 1. The third kappa shape index (κ3) is 4.18. The van der Waals surface area contributed by atoms with E-state index in [1.165, 1.54) is 11.3 Å². The lowest BCUT2D eigenvalue weighted by atomic mass is 10.2. The number of carbonyl (C=O) groups excluding carboxylic acids is 1. The van der Waals surface area contributed by atoms with Crippen molar-refractivity contribution in [2.45, 2.75) is 32.9 Å². The van der Waals surface area contributed by atoms with Crippen LogP contribution in [0.1, 0.15) is 25.8 Å². The van der Waals surface area contributed by atoms with Gasteiger partial charge in [-0.25, -0.2) is 14.8 Å². The van der Waals surface area contributed by atoms with Crippen LogP contribution in [0, 0.1) is 0 Å². The molecule has 0 aliphatic rings. The number of carbonyl (C=O) groups is 1. The van der Waals surface area contributed by atoms with Gasteiger partial charge >= 0.3 is 6.09 Å². The molecule has 4 aromatic rings. The number of rotatable bonds is 3. The molecule has 0 fully saturated rings. The maximum Gasteiger partial charge on any atom is 0.408 e. The van der Waals surface area contributed by atoms with Gasteiger partial charge in [-0.15, -0.1) is 11.3 Å². The van der Waals surface area contributed by atoms with E-state index < -0.39 is 11.7 Å². The van der Waals surface area contributed by atoms with E-state index in [0.717, 1.165) is 9.86 Å². The first-order chi connectivity index (χ1) is 13.7. The van der Waals surface area contributed by atoms with Crippen LogP contribution in [0.15, 0.2) is 37.3 Å². The summed E-state index contributed by atoms with van der Waals surface area (Å²) in [5, 5.41) is 5.83. The summed E-state index contributed by atoms with van der Waals surface area (Å²) in [4.78, 5) is 36.0. The van der Waals surface area contributed by atoms with Gasteiger partial charge in [0.05, 0.1) is 6.54 Å². The number of H-pyrrole nitrogens is 1. The number of ether oxygens (including phenoxy) is 1. The zero-order chi connectivity index (χ0) is 20.8. The fourth-order valence-corrected chi connectivity index (χ4v) is 3.79. The van der Waals surface area contributed by atoms with Crippen molar-refractivity contribution in [1.29, 1.82) is 0 Å². The zero-order valence-electron chi connectivity index (χ0n) is 15.8. The van der Waals surface area contributed by atoms with Crippen LogP contribution in [-0.2, 0) is 11.3 Å². The van der Waals surface area contributed by atoms with E-state index in [0.29, 0.717) is 27.6 Å². The summed E-state index contributed by atoms with van der Waals surface area (Å²) in [6.07, 6.45) is -0.516.